The van der Waals surface area contributed by atoms with Crippen molar-refractivity contribution >= 4 is 0 Å². The summed E-state index contributed by atoms with van der Waals surface area (Å²) in [7, 11) is 0. The second-order valence-corrected chi connectivity index (χ2v) is 3.64. The van der Waals surface area contributed by atoms with Crippen LogP contribution in [-0.4, -0.2) is 17.8 Å². The molecule has 0 amide bonds. The fourth-order valence-electron chi connectivity index (χ4n) is 1.94. The molecule has 1 saturated heterocycles. The number of nitrogens with one attached hydrogen (secondary N) is 1. The molecule has 1 aromatic rings. The maximum absolute atomic E-state index is 9.70. The predicted octanol–water partition coefficient (Wildman–Crippen LogP) is 1.39. The van der Waals surface area contributed by atoms with E-state index in [1.54, 1.807) is 0 Å². The molecule has 2 N–H and O–H groups in total. The third-order valence-corrected chi connectivity index (χ3v) is 2.71. The van der Waals surface area contributed by atoms with Gasteiger partial charge in [-0.3, -0.25) is 0 Å². The molecule has 0 saturated carbocycles. The molecule has 1 fully saturated rings. The largest absolute Gasteiger partial charge is 0.391 e. The molecule has 1 aliphatic heterocycles. The van der Waals surface area contributed by atoms with E-state index in [0.29, 0.717) is 0 Å². The standard InChI is InChI=1S/C11H15NO/c1-8-4-2-3-5-9(8)11-10(13)6-7-12-11/h2-5,10-13H,6-7H2,1H3/t10-,11-/m0/s1. The van der Waals surface area contributed by atoms with Crippen molar-refractivity contribution in [1.29, 1.82) is 0 Å². The van der Waals surface area contributed by atoms with Gasteiger partial charge in [0.1, 0.15) is 0 Å². The molecule has 1 aliphatic rings. The summed E-state index contributed by atoms with van der Waals surface area (Å²) < 4.78 is 0. The fourth-order valence-corrected chi connectivity index (χ4v) is 1.94. The highest BCUT2D eigenvalue weighted by Crippen LogP contribution is 2.25. The maximum Gasteiger partial charge on any atom is 0.0747 e. The van der Waals surface area contributed by atoms with E-state index in [9.17, 15) is 5.11 Å². The van der Waals surface area contributed by atoms with Crippen LogP contribution in [0.3, 0.4) is 0 Å². The summed E-state index contributed by atoms with van der Waals surface area (Å²) in [6.45, 7) is 3.00. The SMILES string of the molecule is Cc1ccccc1[C@@H]1NCC[C@@H]1O. The van der Waals surface area contributed by atoms with Gasteiger partial charge in [-0.25, -0.2) is 0 Å². The van der Waals surface area contributed by atoms with E-state index in [1.807, 2.05) is 12.1 Å². The van der Waals surface area contributed by atoms with Crippen LogP contribution in [0.1, 0.15) is 23.6 Å². The minimum absolute atomic E-state index is 0.140. The Morgan fingerprint density at radius 2 is 2.15 bits per heavy atom. The predicted molar refractivity (Wildman–Crippen MR) is 52.5 cm³/mol. The molecule has 1 aromatic carbocycles. The van der Waals surface area contributed by atoms with E-state index < -0.39 is 0 Å². The Hall–Kier alpha value is -0.860. The summed E-state index contributed by atoms with van der Waals surface area (Å²) in [4.78, 5) is 0. The third kappa shape index (κ3) is 1.60. The molecular weight excluding hydrogens is 162 g/mol. The van der Waals surface area contributed by atoms with E-state index in [1.165, 1.54) is 11.1 Å². The van der Waals surface area contributed by atoms with Crippen LogP contribution in [0, 0.1) is 6.92 Å². The topological polar surface area (TPSA) is 32.3 Å². The lowest BCUT2D eigenvalue weighted by Gasteiger charge is -2.17. The molecule has 2 rings (SSSR count). The highest BCUT2D eigenvalue weighted by atomic mass is 16.3. The summed E-state index contributed by atoms with van der Waals surface area (Å²) in [5.41, 5.74) is 2.48. The van der Waals surface area contributed by atoms with Gasteiger partial charge >= 0.3 is 0 Å². The van der Waals surface area contributed by atoms with E-state index in [2.05, 4.69) is 24.4 Å². The number of rotatable bonds is 1. The highest BCUT2D eigenvalue weighted by Gasteiger charge is 2.26. The monoisotopic (exact) mass is 177 g/mol. The number of aryl methyl sites for hydroxylation is 1. The van der Waals surface area contributed by atoms with Crippen molar-refractivity contribution in [3.05, 3.63) is 35.4 Å². The molecule has 0 bridgehead atoms. The van der Waals surface area contributed by atoms with Crippen LogP contribution in [0.5, 0.6) is 0 Å². The van der Waals surface area contributed by atoms with Crippen LogP contribution < -0.4 is 5.32 Å². The second-order valence-electron chi connectivity index (χ2n) is 3.64. The zero-order valence-electron chi connectivity index (χ0n) is 7.83. The van der Waals surface area contributed by atoms with Gasteiger partial charge in [0.2, 0.25) is 0 Å². The van der Waals surface area contributed by atoms with Gasteiger partial charge in [-0.2, -0.15) is 0 Å². The average Bonchev–Trinajstić information content (AvgIpc) is 2.52. The maximum atomic E-state index is 9.70. The number of aliphatic hydroxyl groups excluding tert-OH is 1. The second kappa shape index (κ2) is 3.48. The van der Waals surface area contributed by atoms with E-state index in [0.717, 1.165) is 13.0 Å². The molecule has 0 unspecified atom stereocenters. The first-order chi connectivity index (χ1) is 6.29. The summed E-state index contributed by atoms with van der Waals surface area (Å²) in [5.74, 6) is 0. The van der Waals surface area contributed by atoms with Crippen LogP contribution in [0.4, 0.5) is 0 Å². The molecule has 0 aliphatic carbocycles. The van der Waals surface area contributed by atoms with Crippen molar-refractivity contribution in [3.8, 4) is 0 Å². The van der Waals surface area contributed by atoms with Crippen molar-refractivity contribution < 1.29 is 5.11 Å². The Morgan fingerprint density at radius 3 is 2.77 bits per heavy atom. The Labute approximate surface area is 78.6 Å². The first kappa shape index (κ1) is 8.73. The van der Waals surface area contributed by atoms with Gasteiger partial charge in [0.15, 0.2) is 0 Å². The lowest BCUT2D eigenvalue weighted by molar-refractivity contribution is 0.160. The minimum atomic E-state index is -0.221. The molecule has 0 aromatic heterocycles. The van der Waals surface area contributed by atoms with Crippen LogP contribution in [0.15, 0.2) is 24.3 Å². The third-order valence-electron chi connectivity index (χ3n) is 2.71. The van der Waals surface area contributed by atoms with Crippen molar-refractivity contribution in [2.45, 2.75) is 25.5 Å². The summed E-state index contributed by atoms with van der Waals surface area (Å²) in [5, 5.41) is 13.0. The zero-order chi connectivity index (χ0) is 9.26. The lowest BCUT2D eigenvalue weighted by Crippen LogP contribution is -2.21. The van der Waals surface area contributed by atoms with Crippen LogP contribution in [0.25, 0.3) is 0 Å². The van der Waals surface area contributed by atoms with Gasteiger partial charge in [0.05, 0.1) is 12.1 Å². The Balaban J connectivity index is 2.29. The lowest BCUT2D eigenvalue weighted by atomic mass is 9.98. The van der Waals surface area contributed by atoms with Crippen molar-refractivity contribution in [3.63, 3.8) is 0 Å². The molecule has 70 valence electrons. The minimum Gasteiger partial charge on any atom is -0.391 e. The van der Waals surface area contributed by atoms with Crippen molar-refractivity contribution in [1.82, 2.24) is 5.32 Å². The van der Waals surface area contributed by atoms with Gasteiger partial charge in [0.25, 0.3) is 0 Å². The number of hydrogen-bond donors (Lipinski definition) is 2. The first-order valence-corrected chi connectivity index (χ1v) is 4.76. The van der Waals surface area contributed by atoms with Gasteiger partial charge < -0.3 is 10.4 Å². The number of hydrogen-bond acceptors (Lipinski definition) is 2. The highest BCUT2D eigenvalue weighted by molar-refractivity contribution is 5.30. The summed E-state index contributed by atoms with van der Waals surface area (Å²) in [6.07, 6.45) is 0.639. The molecule has 1 heterocycles. The van der Waals surface area contributed by atoms with E-state index in [4.69, 9.17) is 0 Å². The summed E-state index contributed by atoms with van der Waals surface area (Å²) in [6, 6.07) is 8.36. The molecule has 2 atom stereocenters. The van der Waals surface area contributed by atoms with Gasteiger partial charge in [-0.05, 0) is 31.0 Å². The van der Waals surface area contributed by atoms with Gasteiger partial charge in [0, 0.05) is 0 Å². The van der Waals surface area contributed by atoms with Gasteiger partial charge in [-0.15, -0.1) is 0 Å². The number of benzene rings is 1. The van der Waals surface area contributed by atoms with E-state index >= 15 is 0 Å². The molecule has 2 nitrogen and oxygen atoms in total. The average molecular weight is 177 g/mol. The molecule has 13 heavy (non-hydrogen) atoms. The smallest absolute Gasteiger partial charge is 0.0747 e. The van der Waals surface area contributed by atoms with Crippen molar-refractivity contribution in [2.75, 3.05) is 6.54 Å². The fraction of sp³-hybridized carbons (Fsp3) is 0.455. The zero-order valence-corrected chi connectivity index (χ0v) is 7.83. The summed E-state index contributed by atoms with van der Waals surface area (Å²) >= 11 is 0. The Bertz CT molecular complexity index is 298. The van der Waals surface area contributed by atoms with E-state index in [-0.39, 0.29) is 12.1 Å². The molecule has 0 spiro atoms. The van der Waals surface area contributed by atoms with Crippen LogP contribution >= 0.6 is 0 Å². The Kier molecular flexibility index (Phi) is 2.34. The van der Waals surface area contributed by atoms with Crippen molar-refractivity contribution in [2.24, 2.45) is 0 Å². The Morgan fingerprint density at radius 1 is 1.38 bits per heavy atom. The molecular formula is C11H15NO. The first-order valence-electron chi connectivity index (χ1n) is 4.76. The van der Waals surface area contributed by atoms with Crippen LogP contribution in [-0.2, 0) is 0 Å². The molecule has 0 radical (unpaired) electrons. The van der Waals surface area contributed by atoms with Gasteiger partial charge in [-0.1, -0.05) is 24.3 Å². The quantitative estimate of drug-likeness (QED) is 0.679. The molecule has 2 heteroatoms. The van der Waals surface area contributed by atoms with Crippen LogP contribution in [0.2, 0.25) is 0 Å². The number of aliphatic hydroxyl groups is 1. The normalized spacial score (nSPS) is 27.8.